The van der Waals surface area contributed by atoms with Crippen molar-refractivity contribution in [3.8, 4) is 11.5 Å². The number of carbonyl (C=O) groups is 2. The Balaban J connectivity index is 1.72. The lowest BCUT2D eigenvalue weighted by molar-refractivity contribution is -0.141. The number of hydrogen-bond acceptors (Lipinski definition) is 5. The fourth-order valence-electron chi connectivity index (χ4n) is 3.42. The summed E-state index contributed by atoms with van der Waals surface area (Å²) in [6.45, 7) is 2.04. The van der Waals surface area contributed by atoms with Gasteiger partial charge in [0.1, 0.15) is 5.78 Å². The summed E-state index contributed by atoms with van der Waals surface area (Å²) in [4.78, 5) is 26.0. The second-order valence-electron chi connectivity index (χ2n) is 6.71. The molecule has 0 saturated heterocycles. The van der Waals surface area contributed by atoms with Crippen LogP contribution in [0.15, 0.2) is 42.5 Å². The second-order valence-corrected chi connectivity index (χ2v) is 7.15. The molecule has 2 aromatic carbocycles. The van der Waals surface area contributed by atoms with Crippen LogP contribution in [0, 0.1) is 0 Å². The van der Waals surface area contributed by atoms with Crippen molar-refractivity contribution in [3.05, 3.63) is 53.1 Å². The first-order valence-corrected chi connectivity index (χ1v) is 9.34. The number of methoxy groups -OCH3 is 1. The zero-order chi connectivity index (χ0) is 20.3. The summed E-state index contributed by atoms with van der Waals surface area (Å²) in [7, 11) is 1.57. The van der Waals surface area contributed by atoms with E-state index in [9.17, 15) is 14.7 Å². The number of para-hydroxylation sites is 2. The molecule has 0 aromatic heterocycles. The van der Waals surface area contributed by atoms with Gasteiger partial charge in [0, 0.05) is 23.6 Å². The number of benzene rings is 2. The predicted octanol–water partition coefficient (Wildman–Crippen LogP) is 3.33. The summed E-state index contributed by atoms with van der Waals surface area (Å²) in [5, 5.41) is 11.4. The molecule has 1 unspecified atom stereocenters. The zero-order valence-corrected chi connectivity index (χ0v) is 16.5. The number of Topliss-reactive ketones (excluding diaryl/α,β-unsaturated/α-hetero) is 1. The largest absolute Gasteiger partial charge is 0.493 e. The second kappa shape index (κ2) is 8.20. The maximum atomic E-state index is 12.9. The summed E-state index contributed by atoms with van der Waals surface area (Å²) < 4.78 is 11.0. The highest BCUT2D eigenvalue weighted by Crippen LogP contribution is 2.43. The zero-order valence-electron chi connectivity index (χ0n) is 15.8. The average molecular weight is 404 g/mol. The maximum Gasteiger partial charge on any atom is 0.264 e. The van der Waals surface area contributed by atoms with Crippen LogP contribution in [0.1, 0.15) is 25.3 Å². The van der Waals surface area contributed by atoms with Gasteiger partial charge in [0.25, 0.3) is 5.91 Å². The number of halogens is 1. The molecule has 3 rings (SSSR count). The van der Waals surface area contributed by atoms with Crippen LogP contribution >= 0.6 is 11.6 Å². The first-order chi connectivity index (χ1) is 13.4. The van der Waals surface area contributed by atoms with E-state index in [1.54, 1.807) is 31.4 Å². The van der Waals surface area contributed by atoms with Crippen LogP contribution in [-0.2, 0) is 15.2 Å². The van der Waals surface area contributed by atoms with Crippen LogP contribution in [-0.4, -0.2) is 37.1 Å². The summed E-state index contributed by atoms with van der Waals surface area (Å²) in [6, 6.07) is 12.2. The van der Waals surface area contributed by atoms with Gasteiger partial charge in [0.2, 0.25) is 0 Å². The van der Waals surface area contributed by atoms with Crippen molar-refractivity contribution < 1.29 is 24.2 Å². The number of ketones is 1. The van der Waals surface area contributed by atoms with Crippen molar-refractivity contribution in [2.45, 2.75) is 25.4 Å². The van der Waals surface area contributed by atoms with Crippen LogP contribution in [0.2, 0.25) is 5.02 Å². The van der Waals surface area contributed by atoms with Crippen molar-refractivity contribution >= 4 is 29.0 Å². The first-order valence-electron chi connectivity index (χ1n) is 8.96. The summed E-state index contributed by atoms with van der Waals surface area (Å²) in [5.41, 5.74) is -0.948. The third-order valence-electron chi connectivity index (χ3n) is 4.65. The lowest BCUT2D eigenvalue weighted by Crippen LogP contribution is -2.42. The topological polar surface area (TPSA) is 76.1 Å². The Morgan fingerprint density at radius 1 is 1.21 bits per heavy atom. The number of carbonyl (C=O) groups excluding carboxylic acids is 2. The molecular weight excluding hydrogens is 382 g/mol. The highest BCUT2D eigenvalue weighted by molar-refractivity contribution is 6.31. The van der Waals surface area contributed by atoms with Gasteiger partial charge in [-0.25, -0.2) is 0 Å². The van der Waals surface area contributed by atoms with Crippen molar-refractivity contribution in [3.63, 3.8) is 0 Å². The van der Waals surface area contributed by atoms with Crippen LogP contribution in [0.4, 0.5) is 5.69 Å². The van der Waals surface area contributed by atoms with Gasteiger partial charge in [0.05, 0.1) is 19.4 Å². The molecule has 0 bridgehead atoms. The highest BCUT2D eigenvalue weighted by atomic mass is 35.5. The van der Waals surface area contributed by atoms with Crippen molar-refractivity contribution in [1.29, 1.82) is 0 Å². The number of nitrogens with zero attached hydrogens (tertiary/aromatic N) is 1. The third kappa shape index (κ3) is 3.84. The molecule has 148 valence electrons. The van der Waals surface area contributed by atoms with Gasteiger partial charge in [-0.05, 0) is 43.7 Å². The number of fused-ring (bicyclic) bond motifs is 1. The summed E-state index contributed by atoms with van der Waals surface area (Å²) in [6.07, 6.45) is 0.245. The molecular formula is C21H22ClNO5. The minimum atomic E-state index is -1.88. The molecule has 1 aliphatic heterocycles. The molecule has 2 aromatic rings. The number of aliphatic hydroxyl groups is 1. The Hall–Kier alpha value is -2.57. The highest BCUT2D eigenvalue weighted by Gasteiger charge is 2.50. The number of anilines is 1. The molecule has 1 N–H and O–H groups in total. The smallest absolute Gasteiger partial charge is 0.264 e. The number of hydrogen-bond donors (Lipinski definition) is 1. The van der Waals surface area contributed by atoms with E-state index < -0.39 is 11.5 Å². The number of amides is 1. The van der Waals surface area contributed by atoms with Gasteiger partial charge in [-0.15, -0.1) is 0 Å². The molecule has 0 aliphatic carbocycles. The molecule has 0 radical (unpaired) electrons. The molecule has 1 heterocycles. The van der Waals surface area contributed by atoms with E-state index in [4.69, 9.17) is 21.1 Å². The number of ether oxygens (including phenoxy) is 2. The molecule has 0 saturated carbocycles. The minimum absolute atomic E-state index is 0.275. The first kappa shape index (κ1) is 20.2. The van der Waals surface area contributed by atoms with Gasteiger partial charge in [-0.3, -0.25) is 9.59 Å². The Morgan fingerprint density at radius 3 is 2.61 bits per heavy atom. The van der Waals surface area contributed by atoms with Crippen molar-refractivity contribution in [2.75, 3.05) is 25.2 Å². The molecule has 28 heavy (non-hydrogen) atoms. The van der Waals surface area contributed by atoms with Crippen LogP contribution in [0.5, 0.6) is 11.5 Å². The quantitative estimate of drug-likeness (QED) is 0.684. The molecule has 1 amide bonds. The lowest BCUT2D eigenvalue weighted by atomic mass is 9.90. The van der Waals surface area contributed by atoms with E-state index in [-0.39, 0.29) is 12.2 Å². The van der Waals surface area contributed by atoms with Gasteiger partial charge in [-0.1, -0.05) is 23.7 Å². The van der Waals surface area contributed by atoms with E-state index in [1.807, 2.05) is 18.2 Å². The van der Waals surface area contributed by atoms with Crippen molar-refractivity contribution in [2.24, 2.45) is 0 Å². The Kier molecular flexibility index (Phi) is 5.91. The molecule has 0 spiro atoms. The molecule has 7 heteroatoms. The number of rotatable bonds is 8. The van der Waals surface area contributed by atoms with Gasteiger partial charge >= 0.3 is 0 Å². The molecule has 0 fully saturated rings. The normalized spacial score (nSPS) is 18.1. The molecule has 1 atom stereocenters. The fraction of sp³-hybridized carbons (Fsp3) is 0.333. The van der Waals surface area contributed by atoms with E-state index in [0.717, 1.165) is 0 Å². The van der Waals surface area contributed by atoms with Gasteiger partial charge in [0.15, 0.2) is 17.1 Å². The van der Waals surface area contributed by atoms with Crippen LogP contribution < -0.4 is 14.4 Å². The average Bonchev–Trinajstić information content (AvgIpc) is 2.86. The van der Waals surface area contributed by atoms with E-state index >= 15 is 0 Å². The predicted molar refractivity (Wildman–Crippen MR) is 106 cm³/mol. The van der Waals surface area contributed by atoms with Gasteiger partial charge < -0.3 is 19.5 Å². The third-order valence-corrected chi connectivity index (χ3v) is 4.89. The van der Waals surface area contributed by atoms with Crippen molar-refractivity contribution in [1.82, 2.24) is 0 Å². The fourth-order valence-corrected chi connectivity index (χ4v) is 3.59. The van der Waals surface area contributed by atoms with E-state index in [0.29, 0.717) is 47.3 Å². The van der Waals surface area contributed by atoms with E-state index in [2.05, 4.69) is 0 Å². The Bertz CT molecular complexity index is 900. The maximum absolute atomic E-state index is 12.9. The summed E-state index contributed by atoms with van der Waals surface area (Å²) in [5.74, 6) is 0.467. The molecule has 1 aliphatic rings. The minimum Gasteiger partial charge on any atom is -0.493 e. The SMILES string of the molecule is COc1ccccc1OCCCN1C(=O)C(O)(CC(C)=O)c2cc(Cl)ccc21. The Labute approximate surface area is 168 Å². The van der Waals surface area contributed by atoms with Gasteiger partial charge in [-0.2, -0.15) is 0 Å². The van der Waals surface area contributed by atoms with Crippen LogP contribution in [0.25, 0.3) is 0 Å². The standard InChI is InChI=1S/C21H22ClNO5/c1-14(24)13-21(26)16-12-15(22)8-9-17(16)23(20(21)25)10-5-11-28-19-7-4-3-6-18(19)27-2/h3-4,6-9,12,26H,5,10-11,13H2,1-2H3. The van der Waals surface area contributed by atoms with Crippen LogP contribution in [0.3, 0.4) is 0 Å². The monoisotopic (exact) mass is 403 g/mol. The molecule has 6 nitrogen and oxygen atoms in total. The van der Waals surface area contributed by atoms with E-state index in [1.165, 1.54) is 11.8 Å². The lowest BCUT2D eigenvalue weighted by Gasteiger charge is -2.22. The Morgan fingerprint density at radius 2 is 1.93 bits per heavy atom. The summed E-state index contributed by atoms with van der Waals surface area (Å²) >= 11 is 6.05.